The number of rotatable bonds is 4. The Kier molecular flexibility index (Phi) is 5.21. The molecule has 0 saturated carbocycles. The lowest BCUT2D eigenvalue weighted by atomic mass is 9.95. The highest BCUT2D eigenvalue weighted by Gasteiger charge is 2.33. The highest BCUT2D eigenvalue weighted by atomic mass is 79.9. The molecule has 0 aromatic heterocycles. The van der Waals surface area contributed by atoms with E-state index >= 15 is 0 Å². The Morgan fingerprint density at radius 2 is 2.15 bits per heavy atom. The monoisotopic (exact) mass is 342 g/mol. The van der Waals surface area contributed by atoms with Gasteiger partial charge < -0.3 is 5.32 Å². The van der Waals surface area contributed by atoms with E-state index in [-0.39, 0.29) is 11.4 Å². The summed E-state index contributed by atoms with van der Waals surface area (Å²) in [6.07, 6.45) is 2.39. The zero-order valence-electron chi connectivity index (χ0n) is 12.5. The van der Waals surface area contributed by atoms with Crippen LogP contribution in [-0.4, -0.2) is 29.6 Å². The van der Waals surface area contributed by atoms with Gasteiger partial charge in [0.25, 0.3) is 0 Å². The SMILES string of the molecule is CCCC1CN(Cc2cc(F)cc(Br)c2)C(C)(C)CN1. The molecule has 1 saturated heterocycles. The lowest BCUT2D eigenvalue weighted by Gasteiger charge is -2.46. The number of benzene rings is 1. The number of halogens is 2. The van der Waals surface area contributed by atoms with Gasteiger partial charge in [0.15, 0.2) is 0 Å². The van der Waals surface area contributed by atoms with E-state index in [1.807, 2.05) is 6.07 Å². The fourth-order valence-corrected chi connectivity index (χ4v) is 3.34. The van der Waals surface area contributed by atoms with Gasteiger partial charge in [-0.1, -0.05) is 29.3 Å². The van der Waals surface area contributed by atoms with Gasteiger partial charge in [-0.3, -0.25) is 4.90 Å². The van der Waals surface area contributed by atoms with Gasteiger partial charge in [-0.05, 0) is 44.0 Å². The van der Waals surface area contributed by atoms with Crippen LogP contribution in [0.15, 0.2) is 22.7 Å². The first-order chi connectivity index (χ1) is 9.40. The molecule has 1 N–H and O–H groups in total. The highest BCUT2D eigenvalue weighted by Crippen LogP contribution is 2.24. The molecule has 20 heavy (non-hydrogen) atoms. The Hall–Kier alpha value is -0.450. The number of nitrogens with zero attached hydrogens (tertiary/aromatic N) is 1. The predicted octanol–water partition coefficient (Wildman–Crippen LogP) is 3.94. The van der Waals surface area contributed by atoms with Crippen molar-refractivity contribution >= 4 is 15.9 Å². The van der Waals surface area contributed by atoms with E-state index < -0.39 is 0 Å². The van der Waals surface area contributed by atoms with E-state index in [0.717, 1.165) is 29.7 Å². The second-order valence-corrected chi connectivity index (χ2v) is 7.25. The minimum Gasteiger partial charge on any atom is -0.311 e. The first-order valence-electron chi connectivity index (χ1n) is 7.34. The summed E-state index contributed by atoms with van der Waals surface area (Å²) >= 11 is 3.37. The van der Waals surface area contributed by atoms with E-state index in [1.54, 1.807) is 6.07 Å². The zero-order chi connectivity index (χ0) is 14.8. The molecule has 4 heteroatoms. The summed E-state index contributed by atoms with van der Waals surface area (Å²) in [4.78, 5) is 2.46. The number of piperazine rings is 1. The molecule has 1 unspecified atom stereocenters. The molecule has 1 atom stereocenters. The molecule has 1 aliphatic heterocycles. The van der Waals surface area contributed by atoms with Crippen LogP contribution in [0.5, 0.6) is 0 Å². The third-order valence-electron chi connectivity index (χ3n) is 4.05. The third-order valence-corrected chi connectivity index (χ3v) is 4.51. The van der Waals surface area contributed by atoms with Crippen molar-refractivity contribution in [1.29, 1.82) is 0 Å². The number of nitrogens with one attached hydrogen (secondary N) is 1. The minimum atomic E-state index is -0.174. The van der Waals surface area contributed by atoms with Gasteiger partial charge in [0, 0.05) is 35.7 Å². The Bertz CT molecular complexity index is 442. The van der Waals surface area contributed by atoms with Gasteiger partial charge in [-0.2, -0.15) is 0 Å². The molecule has 0 amide bonds. The van der Waals surface area contributed by atoms with Crippen LogP contribution in [0.2, 0.25) is 0 Å². The van der Waals surface area contributed by atoms with Crippen LogP contribution in [0.25, 0.3) is 0 Å². The Labute approximate surface area is 129 Å². The topological polar surface area (TPSA) is 15.3 Å². The first kappa shape index (κ1) is 15.9. The highest BCUT2D eigenvalue weighted by molar-refractivity contribution is 9.10. The Morgan fingerprint density at radius 3 is 2.80 bits per heavy atom. The molecule has 1 aromatic rings. The maximum absolute atomic E-state index is 13.5. The molecule has 2 nitrogen and oxygen atoms in total. The fourth-order valence-electron chi connectivity index (χ4n) is 2.83. The van der Waals surface area contributed by atoms with Crippen molar-refractivity contribution < 1.29 is 4.39 Å². The van der Waals surface area contributed by atoms with Crippen molar-refractivity contribution in [2.75, 3.05) is 13.1 Å². The summed E-state index contributed by atoms with van der Waals surface area (Å²) in [5, 5.41) is 3.62. The fraction of sp³-hybridized carbons (Fsp3) is 0.625. The molecule has 0 radical (unpaired) electrons. The summed E-state index contributed by atoms with van der Waals surface area (Å²) in [5.74, 6) is -0.174. The smallest absolute Gasteiger partial charge is 0.124 e. The molecule has 1 heterocycles. The first-order valence-corrected chi connectivity index (χ1v) is 8.13. The van der Waals surface area contributed by atoms with Crippen molar-refractivity contribution in [3.05, 3.63) is 34.1 Å². The molecule has 0 aliphatic carbocycles. The molecule has 1 aliphatic rings. The minimum absolute atomic E-state index is 0.100. The quantitative estimate of drug-likeness (QED) is 0.891. The van der Waals surface area contributed by atoms with E-state index in [2.05, 4.69) is 46.9 Å². The van der Waals surface area contributed by atoms with Crippen molar-refractivity contribution in [2.24, 2.45) is 0 Å². The molecule has 112 valence electrons. The van der Waals surface area contributed by atoms with Crippen molar-refractivity contribution in [2.45, 2.75) is 51.7 Å². The van der Waals surface area contributed by atoms with Crippen LogP contribution < -0.4 is 5.32 Å². The van der Waals surface area contributed by atoms with Gasteiger partial charge >= 0.3 is 0 Å². The summed E-state index contributed by atoms with van der Waals surface area (Å²) in [7, 11) is 0. The second-order valence-electron chi connectivity index (χ2n) is 6.34. The Morgan fingerprint density at radius 1 is 1.40 bits per heavy atom. The average Bonchev–Trinajstić information content (AvgIpc) is 2.33. The largest absolute Gasteiger partial charge is 0.311 e. The van der Waals surface area contributed by atoms with E-state index in [1.165, 1.54) is 18.9 Å². The molecule has 2 rings (SSSR count). The second kappa shape index (κ2) is 6.54. The summed E-state index contributed by atoms with van der Waals surface area (Å²) in [5.41, 5.74) is 1.13. The van der Waals surface area contributed by atoms with Crippen LogP contribution in [0.1, 0.15) is 39.2 Å². The molecule has 1 fully saturated rings. The van der Waals surface area contributed by atoms with Gasteiger partial charge in [-0.15, -0.1) is 0 Å². The van der Waals surface area contributed by atoms with Gasteiger partial charge in [0.05, 0.1) is 0 Å². The van der Waals surface area contributed by atoms with Gasteiger partial charge in [-0.25, -0.2) is 4.39 Å². The normalized spacial score (nSPS) is 22.9. The van der Waals surface area contributed by atoms with Crippen LogP contribution in [-0.2, 0) is 6.54 Å². The summed E-state index contributed by atoms with van der Waals surface area (Å²) < 4.78 is 14.3. The molecule has 0 bridgehead atoms. The van der Waals surface area contributed by atoms with Crippen LogP contribution in [0.4, 0.5) is 4.39 Å². The van der Waals surface area contributed by atoms with Crippen molar-refractivity contribution in [1.82, 2.24) is 10.2 Å². The number of hydrogen-bond acceptors (Lipinski definition) is 2. The van der Waals surface area contributed by atoms with Crippen molar-refractivity contribution in [3.63, 3.8) is 0 Å². The maximum Gasteiger partial charge on any atom is 0.124 e. The molecular formula is C16H24BrFN2. The predicted molar refractivity (Wildman–Crippen MR) is 85.3 cm³/mol. The molecular weight excluding hydrogens is 319 g/mol. The Balaban J connectivity index is 2.11. The van der Waals surface area contributed by atoms with E-state index in [9.17, 15) is 4.39 Å². The molecule has 0 spiro atoms. The van der Waals surface area contributed by atoms with Gasteiger partial charge in [0.2, 0.25) is 0 Å². The van der Waals surface area contributed by atoms with E-state index in [0.29, 0.717) is 6.04 Å². The van der Waals surface area contributed by atoms with Crippen molar-refractivity contribution in [3.8, 4) is 0 Å². The summed E-state index contributed by atoms with van der Waals surface area (Å²) in [6, 6.07) is 5.70. The standard InChI is InChI=1S/C16H24BrFN2/c1-4-5-15-10-20(16(2,3)11-19-15)9-12-6-13(17)8-14(18)7-12/h6-8,15,19H,4-5,9-11H2,1-3H3. The third kappa shape index (κ3) is 4.03. The van der Waals surface area contributed by atoms with E-state index in [4.69, 9.17) is 0 Å². The van der Waals surface area contributed by atoms with Crippen LogP contribution >= 0.6 is 15.9 Å². The zero-order valence-corrected chi connectivity index (χ0v) is 14.1. The van der Waals surface area contributed by atoms with Crippen LogP contribution in [0.3, 0.4) is 0 Å². The lowest BCUT2D eigenvalue weighted by Crippen LogP contribution is -2.61. The lowest BCUT2D eigenvalue weighted by molar-refractivity contribution is 0.0563. The number of hydrogen-bond donors (Lipinski definition) is 1. The van der Waals surface area contributed by atoms with Gasteiger partial charge in [0.1, 0.15) is 5.82 Å². The summed E-state index contributed by atoms with van der Waals surface area (Å²) in [6.45, 7) is 9.51. The van der Waals surface area contributed by atoms with Crippen LogP contribution in [0, 0.1) is 5.82 Å². The average molecular weight is 343 g/mol. The molecule has 1 aromatic carbocycles. The maximum atomic E-state index is 13.5.